The number of imidazole rings is 1. The number of hydrogen-bond donors (Lipinski definition) is 1. The zero-order valence-corrected chi connectivity index (χ0v) is 15.8. The Morgan fingerprint density at radius 1 is 1.30 bits per heavy atom. The maximum absolute atomic E-state index is 12.5. The van der Waals surface area contributed by atoms with Gasteiger partial charge in [0.1, 0.15) is 0 Å². The number of rotatable bonds is 6. The van der Waals surface area contributed by atoms with Crippen molar-refractivity contribution in [3.05, 3.63) is 36.9 Å². The van der Waals surface area contributed by atoms with Crippen molar-refractivity contribution in [2.45, 2.75) is 38.3 Å². The van der Waals surface area contributed by atoms with E-state index in [1.54, 1.807) is 0 Å². The highest BCUT2D eigenvalue weighted by molar-refractivity contribution is 5.80. The molecule has 0 radical (unpaired) electrons. The van der Waals surface area contributed by atoms with Gasteiger partial charge in [0.05, 0.1) is 17.1 Å². The molecule has 0 aliphatic carbocycles. The van der Waals surface area contributed by atoms with Crippen LogP contribution < -0.4 is 10.2 Å². The summed E-state index contributed by atoms with van der Waals surface area (Å²) in [5, 5.41) is 3.09. The number of fused-ring (bicyclic) bond motifs is 1. The van der Waals surface area contributed by atoms with E-state index in [-0.39, 0.29) is 17.9 Å². The fraction of sp³-hybridized carbons (Fsp3) is 0.524. The van der Waals surface area contributed by atoms with Crippen LogP contribution in [0.1, 0.15) is 25.7 Å². The fourth-order valence-corrected chi connectivity index (χ4v) is 4.12. The summed E-state index contributed by atoms with van der Waals surface area (Å²) in [7, 11) is 0. The lowest BCUT2D eigenvalue weighted by molar-refractivity contribution is -0.126. The molecule has 6 nitrogen and oxygen atoms in total. The summed E-state index contributed by atoms with van der Waals surface area (Å²) in [5.74, 6) is 1.24. The number of nitrogens with zero attached hydrogens (tertiary/aromatic N) is 3. The highest BCUT2D eigenvalue weighted by Gasteiger charge is 2.28. The number of piperidine rings is 1. The molecule has 144 valence electrons. The van der Waals surface area contributed by atoms with E-state index in [1.165, 1.54) is 0 Å². The Labute approximate surface area is 160 Å². The topological polar surface area (TPSA) is 59.4 Å². The van der Waals surface area contributed by atoms with Crippen LogP contribution in [0.3, 0.4) is 0 Å². The molecule has 1 amide bonds. The van der Waals surface area contributed by atoms with E-state index in [0.29, 0.717) is 6.54 Å². The van der Waals surface area contributed by atoms with Crippen LogP contribution in [0.5, 0.6) is 0 Å². The predicted octanol–water partition coefficient (Wildman–Crippen LogP) is 2.73. The third-order valence-electron chi connectivity index (χ3n) is 5.62. The molecule has 27 heavy (non-hydrogen) atoms. The van der Waals surface area contributed by atoms with Crippen LogP contribution in [0, 0.1) is 5.92 Å². The molecule has 6 heteroatoms. The molecule has 0 saturated carbocycles. The lowest BCUT2D eigenvalue weighted by Gasteiger charge is -2.32. The maximum atomic E-state index is 12.5. The summed E-state index contributed by atoms with van der Waals surface area (Å²) in [6.07, 6.45) is 5.97. The molecule has 2 aliphatic heterocycles. The minimum absolute atomic E-state index is 0.0832. The van der Waals surface area contributed by atoms with Gasteiger partial charge in [0.15, 0.2) is 0 Å². The van der Waals surface area contributed by atoms with Gasteiger partial charge >= 0.3 is 0 Å². The Bertz CT molecular complexity index is 802. The van der Waals surface area contributed by atoms with Gasteiger partial charge in [-0.25, -0.2) is 4.98 Å². The Kier molecular flexibility index (Phi) is 5.43. The number of ether oxygens (including phenoxy) is 1. The number of para-hydroxylation sites is 2. The smallest absolute Gasteiger partial charge is 0.223 e. The first-order valence-corrected chi connectivity index (χ1v) is 9.96. The van der Waals surface area contributed by atoms with Crippen LogP contribution in [-0.4, -0.2) is 47.8 Å². The first kappa shape index (κ1) is 18.0. The Hall–Kier alpha value is -2.34. The molecular formula is C21H28N4O2. The largest absolute Gasteiger partial charge is 0.376 e. The minimum Gasteiger partial charge on any atom is -0.376 e. The summed E-state index contributed by atoms with van der Waals surface area (Å²) in [6.45, 7) is 7.78. The molecule has 3 heterocycles. The number of aromatic nitrogens is 2. The Balaban J connectivity index is 1.38. The quantitative estimate of drug-likeness (QED) is 0.797. The van der Waals surface area contributed by atoms with Gasteiger partial charge in [-0.3, -0.25) is 4.79 Å². The van der Waals surface area contributed by atoms with Crippen LogP contribution >= 0.6 is 0 Å². The van der Waals surface area contributed by atoms with Gasteiger partial charge in [-0.15, -0.1) is 6.58 Å². The van der Waals surface area contributed by atoms with E-state index < -0.39 is 0 Å². The first-order chi connectivity index (χ1) is 13.3. The van der Waals surface area contributed by atoms with Crippen LogP contribution in [-0.2, 0) is 16.1 Å². The van der Waals surface area contributed by atoms with Crippen molar-refractivity contribution in [2.75, 3.05) is 31.1 Å². The number of carbonyl (C=O) groups excluding carboxylic acids is 1. The van der Waals surface area contributed by atoms with Crippen molar-refractivity contribution in [3.63, 3.8) is 0 Å². The normalized spacial score (nSPS) is 20.9. The van der Waals surface area contributed by atoms with Crippen LogP contribution in [0.25, 0.3) is 11.0 Å². The highest BCUT2D eigenvalue weighted by atomic mass is 16.5. The van der Waals surface area contributed by atoms with Crippen molar-refractivity contribution < 1.29 is 9.53 Å². The fourth-order valence-electron chi connectivity index (χ4n) is 4.12. The molecule has 1 aromatic heterocycles. The second kappa shape index (κ2) is 8.13. The van der Waals surface area contributed by atoms with Crippen molar-refractivity contribution in [2.24, 2.45) is 5.92 Å². The zero-order chi connectivity index (χ0) is 18.6. The predicted molar refractivity (Wildman–Crippen MR) is 107 cm³/mol. The molecule has 1 atom stereocenters. The standard InChI is InChI=1S/C21H28N4O2/c1-2-11-25-19-8-4-3-7-18(19)23-21(25)24-12-9-16(10-13-24)20(26)22-15-17-6-5-14-27-17/h2-4,7-8,16-17H,1,5-6,9-15H2,(H,22,26)/t17-/m0/s1. The summed E-state index contributed by atoms with van der Waals surface area (Å²) in [4.78, 5) is 19.6. The average molecular weight is 368 g/mol. The number of nitrogens with one attached hydrogen (secondary N) is 1. The molecule has 2 aromatic rings. The molecule has 0 unspecified atom stereocenters. The van der Waals surface area contributed by atoms with Gasteiger partial charge in [-0.05, 0) is 37.8 Å². The average Bonchev–Trinajstić information content (AvgIpc) is 3.35. The van der Waals surface area contributed by atoms with Crippen LogP contribution in [0.2, 0.25) is 0 Å². The molecule has 1 aromatic carbocycles. The van der Waals surface area contributed by atoms with Gasteiger partial charge < -0.3 is 19.5 Å². The Morgan fingerprint density at radius 2 is 2.11 bits per heavy atom. The molecule has 2 saturated heterocycles. The number of anilines is 1. The number of amides is 1. The summed E-state index contributed by atoms with van der Waals surface area (Å²) in [6, 6.07) is 8.20. The van der Waals surface area contributed by atoms with Crippen molar-refractivity contribution in [3.8, 4) is 0 Å². The lowest BCUT2D eigenvalue weighted by atomic mass is 9.96. The summed E-state index contributed by atoms with van der Waals surface area (Å²) < 4.78 is 7.80. The molecule has 1 N–H and O–H groups in total. The van der Waals surface area contributed by atoms with E-state index >= 15 is 0 Å². The molecular weight excluding hydrogens is 340 g/mol. The monoisotopic (exact) mass is 368 g/mol. The number of benzene rings is 1. The van der Waals surface area contributed by atoms with E-state index in [4.69, 9.17) is 9.72 Å². The Morgan fingerprint density at radius 3 is 2.85 bits per heavy atom. The minimum atomic E-state index is 0.0832. The van der Waals surface area contributed by atoms with Gasteiger partial charge in [0.2, 0.25) is 11.9 Å². The molecule has 0 bridgehead atoms. The second-order valence-electron chi connectivity index (χ2n) is 7.44. The molecule has 2 fully saturated rings. The second-order valence-corrected chi connectivity index (χ2v) is 7.44. The highest BCUT2D eigenvalue weighted by Crippen LogP contribution is 2.27. The van der Waals surface area contributed by atoms with Crippen molar-refractivity contribution >= 4 is 22.9 Å². The summed E-state index contributed by atoms with van der Waals surface area (Å²) in [5.41, 5.74) is 2.13. The first-order valence-electron chi connectivity index (χ1n) is 9.96. The third kappa shape index (κ3) is 3.86. The lowest BCUT2D eigenvalue weighted by Crippen LogP contribution is -2.43. The van der Waals surface area contributed by atoms with E-state index in [9.17, 15) is 4.79 Å². The van der Waals surface area contributed by atoms with E-state index in [1.807, 2.05) is 24.3 Å². The van der Waals surface area contributed by atoms with Crippen LogP contribution in [0.15, 0.2) is 36.9 Å². The number of allylic oxidation sites excluding steroid dienone is 1. The van der Waals surface area contributed by atoms with E-state index in [2.05, 4.69) is 27.4 Å². The number of hydrogen-bond acceptors (Lipinski definition) is 4. The van der Waals surface area contributed by atoms with Gasteiger partial charge in [-0.1, -0.05) is 18.2 Å². The van der Waals surface area contributed by atoms with Crippen LogP contribution in [0.4, 0.5) is 5.95 Å². The molecule has 4 rings (SSSR count). The third-order valence-corrected chi connectivity index (χ3v) is 5.62. The zero-order valence-electron chi connectivity index (χ0n) is 15.8. The van der Waals surface area contributed by atoms with Crippen molar-refractivity contribution in [1.29, 1.82) is 0 Å². The van der Waals surface area contributed by atoms with Gasteiger partial charge in [-0.2, -0.15) is 0 Å². The SMILES string of the molecule is C=CCn1c(N2CCC(C(=O)NC[C@@H]3CCCO3)CC2)nc2ccccc21. The van der Waals surface area contributed by atoms with E-state index in [0.717, 1.165) is 68.9 Å². The molecule has 0 spiro atoms. The van der Waals surface area contributed by atoms with Gasteiger partial charge in [0.25, 0.3) is 0 Å². The summed E-state index contributed by atoms with van der Waals surface area (Å²) >= 11 is 0. The molecule has 2 aliphatic rings. The maximum Gasteiger partial charge on any atom is 0.223 e. The van der Waals surface area contributed by atoms with Crippen molar-refractivity contribution in [1.82, 2.24) is 14.9 Å². The van der Waals surface area contributed by atoms with Gasteiger partial charge in [0, 0.05) is 38.7 Å². The number of carbonyl (C=O) groups is 1.